The molecular formula is C74H52N2O. The molecule has 12 aromatic carbocycles. The SMILES string of the molecule is CC1(C)c2cc(-c3cc(N(c4ccccc4)c4ccccc4)cc(N(c4ccc5c(c4)C(c4ccccc4)(c4ccccc4)c4ccccc4-5)c4ccc5oc6ccccc6c5c4)c3)ccc2-c2cc3ccccc3cc21. The quantitative estimate of drug-likeness (QED) is 0.144. The maximum atomic E-state index is 6.52. The zero-order chi connectivity index (χ0) is 51.2. The fourth-order valence-electron chi connectivity index (χ4n) is 13.1. The highest BCUT2D eigenvalue weighted by Gasteiger charge is 2.46. The van der Waals surface area contributed by atoms with Gasteiger partial charge in [-0.25, -0.2) is 0 Å². The van der Waals surface area contributed by atoms with Crippen molar-refractivity contribution in [2.75, 3.05) is 9.80 Å². The van der Waals surface area contributed by atoms with Crippen LogP contribution in [0.15, 0.2) is 283 Å². The summed E-state index contributed by atoms with van der Waals surface area (Å²) < 4.78 is 6.52. The molecule has 3 heteroatoms. The molecule has 364 valence electrons. The number of fused-ring (bicyclic) bond motifs is 10. The van der Waals surface area contributed by atoms with E-state index < -0.39 is 5.41 Å². The van der Waals surface area contributed by atoms with Crippen LogP contribution >= 0.6 is 0 Å². The van der Waals surface area contributed by atoms with E-state index in [2.05, 4.69) is 297 Å². The Bertz CT molecular complexity index is 4350. The van der Waals surface area contributed by atoms with E-state index in [4.69, 9.17) is 4.42 Å². The first-order valence-electron chi connectivity index (χ1n) is 26.7. The number of rotatable bonds is 9. The lowest BCUT2D eigenvalue weighted by atomic mass is 9.67. The van der Waals surface area contributed by atoms with E-state index in [9.17, 15) is 0 Å². The van der Waals surface area contributed by atoms with Crippen molar-refractivity contribution < 1.29 is 4.42 Å². The molecule has 1 heterocycles. The Morgan fingerprint density at radius 2 is 0.792 bits per heavy atom. The van der Waals surface area contributed by atoms with Gasteiger partial charge in [0.25, 0.3) is 0 Å². The summed E-state index contributed by atoms with van der Waals surface area (Å²) in [6.45, 7) is 4.78. The lowest BCUT2D eigenvalue weighted by Gasteiger charge is -2.35. The first-order valence-corrected chi connectivity index (χ1v) is 26.7. The van der Waals surface area contributed by atoms with Gasteiger partial charge in [-0.05, 0) is 175 Å². The summed E-state index contributed by atoms with van der Waals surface area (Å²) in [5, 5.41) is 4.69. The Morgan fingerprint density at radius 1 is 0.286 bits per heavy atom. The van der Waals surface area contributed by atoms with Gasteiger partial charge in [0, 0.05) is 50.3 Å². The van der Waals surface area contributed by atoms with E-state index in [1.165, 1.54) is 66.4 Å². The van der Waals surface area contributed by atoms with Crippen molar-refractivity contribution in [2.24, 2.45) is 0 Å². The second kappa shape index (κ2) is 17.4. The van der Waals surface area contributed by atoms with E-state index in [0.717, 1.165) is 67.2 Å². The van der Waals surface area contributed by atoms with Gasteiger partial charge in [-0.2, -0.15) is 0 Å². The lowest BCUT2D eigenvalue weighted by Crippen LogP contribution is -2.28. The number of hydrogen-bond acceptors (Lipinski definition) is 3. The molecule has 2 aliphatic carbocycles. The second-order valence-electron chi connectivity index (χ2n) is 21.2. The van der Waals surface area contributed by atoms with Crippen molar-refractivity contribution in [3.63, 3.8) is 0 Å². The number of anilines is 6. The predicted octanol–water partition coefficient (Wildman–Crippen LogP) is 20.0. The van der Waals surface area contributed by atoms with Crippen LogP contribution in [0.5, 0.6) is 0 Å². The third-order valence-corrected chi connectivity index (χ3v) is 16.6. The molecule has 0 aliphatic heterocycles. The fourth-order valence-corrected chi connectivity index (χ4v) is 13.1. The van der Waals surface area contributed by atoms with Crippen molar-refractivity contribution in [3.8, 4) is 33.4 Å². The highest BCUT2D eigenvalue weighted by atomic mass is 16.3. The smallest absolute Gasteiger partial charge is 0.135 e. The molecule has 0 saturated heterocycles. The summed E-state index contributed by atoms with van der Waals surface area (Å²) in [4.78, 5) is 4.87. The first kappa shape index (κ1) is 44.8. The van der Waals surface area contributed by atoms with Gasteiger partial charge in [0.2, 0.25) is 0 Å². The minimum absolute atomic E-state index is 0.216. The molecule has 13 aromatic rings. The molecule has 15 rings (SSSR count). The van der Waals surface area contributed by atoms with Crippen molar-refractivity contribution >= 4 is 66.8 Å². The van der Waals surface area contributed by atoms with Crippen LogP contribution in [0.25, 0.3) is 66.1 Å². The molecule has 0 fully saturated rings. The molecule has 0 bridgehead atoms. The average Bonchev–Trinajstić information content (AvgIpc) is 4.14. The number of para-hydroxylation sites is 3. The standard InChI is InChI=1S/C74H52N2O/c1-73(2)68-45-51(35-38-63(68)65-43-49-21-15-16-22-50(49)44-69(65)73)52-41-59(75(55-27-11-5-12-28-55)56-29-13-6-14-30-56)46-60(42-52)76(57-37-40-72-66(47-57)64-32-18-20-34-71(64)77-72)58-36-39-62-61-31-17-19-33-67(61)74(70(62)48-58,53-23-7-3-8-24-53)54-25-9-4-10-26-54/h3-48H,1-2H3. The minimum Gasteiger partial charge on any atom is -0.456 e. The largest absolute Gasteiger partial charge is 0.456 e. The number of nitrogens with zero attached hydrogens (tertiary/aromatic N) is 2. The molecule has 0 saturated carbocycles. The van der Waals surface area contributed by atoms with Gasteiger partial charge in [0.05, 0.1) is 5.41 Å². The number of hydrogen-bond donors (Lipinski definition) is 0. The van der Waals surface area contributed by atoms with Crippen LogP contribution < -0.4 is 9.80 Å². The van der Waals surface area contributed by atoms with E-state index in [-0.39, 0.29) is 5.41 Å². The molecular weight excluding hydrogens is 933 g/mol. The highest BCUT2D eigenvalue weighted by molar-refractivity contribution is 6.07. The molecule has 0 atom stereocenters. The van der Waals surface area contributed by atoms with Crippen LogP contribution in [0.3, 0.4) is 0 Å². The predicted molar refractivity (Wildman–Crippen MR) is 321 cm³/mol. The zero-order valence-corrected chi connectivity index (χ0v) is 42.9. The number of benzene rings is 12. The summed E-state index contributed by atoms with van der Waals surface area (Å²) in [7, 11) is 0. The van der Waals surface area contributed by atoms with Crippen molar-refractivity contribution in [1.29, 1.82) is 0 Å². The summed E-state index contributed by atoms with van der Waals surface area (Å²) in [5.41, 5.74) is 22.3. The Hall–Kier alpha value is -9.70. The summed E-state index contributed by atoms with van der Waals surface area (Å²) >= 11 is 0. The first-order chi connectivity index (χ1) is 37.9. The zero-order valence-electron chi connectivity index (χ0n) is 42.9. The fraction of sp³-hybridized carbons (Fsp3) is 0.0541. The maximum absolute atomic E-state index is 6.52. The molecule has 77 heavy (non-hydrogen) atoms. The molecule has 0 radical (unpaired) electrons. The van der Waals surface area contributed by atoms with E-state index in [1.807, 2.05) is 6.07 Å². The van der Waals surface area contributed by atoms with Gasteiger partial charge in [0.15, 0.2) is 0 Å². The Balaban J connectivity index is 1.01. The molecule has 0 N–H and O–H groups in total. The average molecular weight is 985 g/mol. The van der Waals surface area contributed by atoms with Crippen molar-refractivity contribution in [2.45, 2.75) is 24.7 Å². The molecule has 1 aromatic heterocycles. The van der Waals surface area contributed by atoms with Gasteiger partial charge < -0.3 is 14.2 Å². The van der Waals surface area contributed by atoms with Gasteiger partial charge in [-0.1, -0.05) is 196 Å². The number of furan rings is 1. The summed E-state index contributed by atoms with van der Waals surface area (Å²) in [5.74, 6) is 0. The van der Waals surface area contributed by atoms with E-state index in [1.54, 1.807) is 0 Å². The Labute approximate surface area is 449 Å². The molecule has 3 nitrogen and oxygen atoms in total. The van der Waals surface area contributed by atoms with Crippen LogP contribution in [0.2, 0.25) is 0 Å². The molecule has 2 aliphatic rings. The molecule has 0 amide bonds. The van der Waals surface area contributed by atoms with Gasteiger partial charge in [-0.3, -0.25) is 0 Å². The molecule has 0 spiro atoms. The van der Waals surface area contributed by atoms with Crippen LogP contribution in [0, 0.1) is 0 Å². The van der Waals surface area contributed by atoms with Crippen LogP contribution in [-0.2, 0) is 10.8 Å². The summed E-state index contributed by atoms with van der Waals surface area (Å²) in [6, 6.07) is 103. The third kappa shape index (κ3) is 6.97. The lowest BCUT2D eigenvalue weighted by molar-refractivity contribution is 0.661. The molecule has 0 unspecified atom stereocenters. The van der Waals surface area contributed by atoms with Crippen LogP contribution in [0.4, 0.5) is 34.1 Å². The monoisotopic (exact) mass is 984 g/mol. The van der Waals surface area contributed by atoms with Crippen LogP contribution in [-0.4, -0.2) is 0 Å². The van der Waals surface area contributed by atoms with E-state index in [0.29, 0.717) is 0 Å². The Morgan fingerprint density at radius 3 is 1.49 bits per heavy atom. The maximum Gasteiger partial charge on any atom is 0.135 e. The van der Waals surface area contributed by atoms with Gasteiger partial charge in [-0.15, -0.1) is 0 Å². The Kier molecular flexibility index (Phi) is 10.1. The normalized spacial score (nSPS) is 13.5. The van der Waals surface area contributed by atoms with Gasteiger partial charge >= 0.3 is 0 Å². The van der Waals surface area contributed by atoms with Crippen molar-refractivity contribution in [1.82, 2.24) is 0 Å². The highest BCUT2D eigenvalue weighted by Crippen LogP contribution is 2.58. The topological polar surface area (TPSA) is 19.6 Å². The van der Waals surface area contributed by atoms with Crippen LogP contribution in [0.1, 0.15) is 47.2 Å². The third-order valence-electron chi connectivity index (χ3n) is 16.6. The van der Waals surface area contributed by atoms with Gasteiger partial charge in [0.1, 0.15) is 11.2 Å². The van der Waals surface area contributed by atoms with E-state index >= 15 is 0 Å². The van der Waals surface area contributed by atoms with Crippen molar-refractivity contribution in [3.05, 3.63) is 312 Å². The minimum atomic E-state index is -0.591. The summed E-state index contributed by atoms with van der Waals surface area (Å²) in [6.07, 6.45) is 0. The second-order valence-corrected chi connectivity index (χ2v) is 21.2.